The first-order valence-corrected chi connectivity index (χ1v) is 9.14. The lowest BCUT2D eigenvalue weighted by Crippen LogP contribution is -2.34. The van der Waals surface area contributed by atoms with Crippen molar-refractivity contribution < 1.29 is 23.1 Å². The van der Waals surface area contributed by atoms with Gasteiger partial charge in [0.15, 0.2) is 5.65 Å². The van der Waals surface area contributed by atoms with Gasteiger partial charge in [-0.15, -0.1) is 5.10 Å². The van der Waals surface area contributed by atoms with E-state index in [1.165, 1.54) is 16.9 Å². The predicted molar refractivity (Wildman–Crippen MR) is 104 cm³/mol. The highest BCUT2D eigenvalue weighted by Crippen LogP contribution is 2.33. The van der Waals surface area contributed by atoms with Gasteiger partial charge >= 0.3 is 6.18 Å². The standard InChI is InChI=1S/C20H18F3N5O2/c1-11(10-29)24-19(30)12-3-8-16-15(9-12)17-18(26-27(2)25-17)28(16)14-6-4-13(5-7-14)20(21,22)23/h3-9,11,29H,10H2,1-2H3,(H,24,30)/t11-/m1/s1. The zero-order valence-corrected chi connectivity index (χ0v) is 16.1. The van der Waals surface area contributed by atoms with Gasteiger partial charge in [-0.25, -0.2) is 0 Å². The molecule has 156 valence electrons. The molecule has 1 amide bonds. The topological polar surface area (TPSA) is 85.0 Å². The molecule has 0 aliphatic carbocycles. The smallest absolute Gasteiger partial charge is 0.394 e. The van der Waals surface area contributed by atoms with Crippen LogP contribution < -0.4 is 5.32 Å². The van der Waals surface area contributed by atoms with Crippen molar-refractivity contribution in [3.63, 3.8) is 0 Å². The number of alkyl halides is 3. The number of carbonyl (C=O) groups is 1. The fraction of sp³-hybridized carbons (Fsp3) is 0.250. The maximum absolute atomic E-state index is 12.9. The number of aliphatic hydroxyl groups excluding tert-OH is 1. The lowest BCUT2D eigenvalue weighted by Gasteiger charge is -2.11. The minimum atomic E-state index is -4.42. The third-order valence-electron chi connectivity index (χ3n) is 4.77. The molecule has 4 rings (SSSR count). The number of aromatic nitrogens is 4. The molecule has 0 spiro atoms. The summed E-state index contributed by atoms with van der Waals surface area (Å²) >= 11 is 0. The number of amides is 1. The van der Waals surface area contributed by atoms with Gasteiger partial charge in [-0.1, -0.05) is 0 Å². The second-order valence-electron chi connectivity index (χ2n) is 7.03. The van der Waals surface area contributed by atoms with Crippen LogP contribution in [0.25, 0.3) is 27.8 Å². The average Bonchev–Trinajstić information content (AvgIpc) is 3.21. The van der Waals surface area contributed by atoms with Crippen molar-refractivity contribution >= 4 is 28.0 Å². The number of nitrogens with zero attached hydrogens (tertiary/aromatic N) is 4. The lowest BCUT2D eigenvalue weighted by molar-refractivity contribution is -0.137. The summed E-state index contributed by atoms with van der Waals surface area (Å²) in [7, 11) is 1.64. The molecule has 2 heterocycles. The van der Waals surface area contributed by atoms with Crippen LogP contribution in [-0.4, -0.2) is 43.2 Å². The van der Waals surface area contributed by atoms with Crippen LogP contribution in [0.3, 0.4) is 0 Å². The quantitative estimate of drug-likeness (QED) is 0.535. The number of fused-ring (bicyclic) bond motifs is 3. The molecule has 0 unspecified atom stereocenters. The first-order chi connectivity index (χ1) is 14.2. The molecule has 30 heavy (non-hydrogen) atoms. The van der Waals surface area contributed by atoms with Gasteiger partial charge in [0, 0.05) is 29.7 Å². The number of nitrogens with one attached hydrogen (secondary N) is 1. The van der Waals surface area contributed by atoms with Crippen LogP contribution >= 0.6 is 0 Å². The summed E-state index contributed by atoms with van der Waals surface area (Å²) in [5.41, 5.74) is 1.78. The number of benzene rings is 2. The predicted octanol–water partition coefficient (Wildman–Crippen LogP) is 3.04. The monoisotopic (exact) mass is 417 g/mol. The van der Waals surface area contributed by atoms with Gasteiger partial charge in [0.25, 0.3) is 5.91 Å². The number of aryl methyl sites for hydroxylation is 1. The number of carbonyl (C=O) groups excluding carboxylic acids is 1. The molecule has 0 bridgehead atoms. The highest BCUT2D eigenvalue weighted by Gasteiger charge is 2.30. The largest absolute Gasteiger partial charge is 0.416 e. The van der Waals surface area contributed by atoms with Gasteiger partial charge in [0.05, 0.1) is 17.7 Å². The maximum Gasteiger partial charge on any atom is 0.416 e. The minimum Gasteiger partial charge on any atom is -0.394 e. The van der Waals surface area contributed by atoms with E-state index in [2.05, 4.69) is 15.5 Å². The molecular weight excluding hydrogens is 399 g/mol. The van der Waals surface area contributed by atoms with Crippen LogP contribution in [0.1, 0.15) is 22.8 Å². The highest BCUT2D eigenvalue weighted by atomic mass is 19.4. The lowest BCUT2D eigenvalue weighted by atomic mass is 10.1. The first kappa shape index (κ1) is 19.9. The molecule has 7 nitrogen and oxygen atoms in total. The Bertz CT molecular complexity index is 1240. The number of hydrogen-bond acceptors (Lipinski definition) is 4. The fourth-order valence-electron chi connectivity index (χ4n) is 3.31. The third-order valence-corrected chi connectivity index (χ3v) is 4.77. The first-order valence-electron chi connectivity index (χ1n) is 9.14. The molecule has 0 saturated heterocycles. The molecule has 0 fully saturated rings. The van der Waals surface area contributed by atoms with Crippen molar-refractivity contribution in [2.24, 2.45) is 7.05 Å². The number of halogens is 3. The van der Waals surface area contributed by atoms with Crippen LogP contribution in [0.5, 0.6) is 0 Å². The summed E-state index contributed by atoms with van der Waals surface area (Å²) in [4.78, 5) is 13.8. The molecule has 10 heteroatoms. The van der Waals surface area contributed by atoms with E-state index >= 15 is 0 Å². The molecule has 0 saturated carbocycles. The Hall–Kier alpha value is -3.40. The summed E-state index contributed by atoms with van der Waals surface area (Å²) in [6.45, 7) is 1.49. The Morgan fingerprint density at radius 1 is 1.17 bits per heavy atom. The van der Waals surface area contributed by atoms with E-state index < -0.39 is 17.8 Å². The van der Waals surface area contributed by atoms with Crippen LogP contribution in [0.2, 0.25) is 0 Å². The van der Waals surface area contributed by atoms with E-state index in [0.717, 1.165) is 12.1 Å². The number of hydrogen-bond donors (Lipinski definition) is 2. The molecule has 0 radical (unpaired) electrons. The van der Waals surface area contributed by atoms with Gasteiger partial charge in [-0.05, 0) is 49.4 Å². The highest BCUT2D eigenvalue weighted by molar-refractivity contribution is 6.08. The van der Waals surface area contributed by atoms with E-state index in [1.54, 1.807) is 36.7 Å². The second-order valence-corrected chi connectivity index (χ2v) is 7.03. The summed E-state index contributed by atoms with van der Waals surface area (Å²) in [5.74, 6) is -0.349. The van der Waals surface area contributed by atoms with E-state index in [0.29, 0.717) is 33.3 Å². The van der Waals surface area contributed by atoms with Gasteiger partial charge in [-0.3, -0.25) is 9.36 Å². The Balaban J connectivity index is 1.86. The molecule has 2 aromatic heterocycles. The van der Waals surface area contributed by atoms with Crippen LogP contribution in [0.15, 0.2) is 42.5 Å². The Morgan fingerprint density at radius 2 is 1.87 bits per heavy atom. The normalized spacial score (nSPS) is 13.1. The zero-order valence-electron chi connectivity index (χ0n) is 16.1. The summed E-state index contributed by atoms with van der Waals surface area (Å²) in [6, 6.07) is 9.35. The van der Waals surface area contributed by atoms with E-state index in [-0.39, 0.29) is 12.5 Å². The van der Waals surface area contributed by atoms with Gasteiger partial charge in [-0.2, -0.15) is 23.1 Å². The zero-order chi connectivity index (χ0) is 21.6. The minimum absolute atomic E-state index is 0.188. The number of rotatable bonds is 4. The number of aliphatic hydroxyl groups is 1. The van der Waals surface area contributed by atoms with E-state index in [9.17, 15) is 18.0 Å². The van der Waals surface area contributed by atoms with Gasteiger partial charge in [0.2, 0.25) is 0 Å². The van der Waals surface area contributed by atoms with Crippen molar-refractivity contribution in [1.82, 2.24) is 24.9 Å². The fourth-order valence-corrected chi connectivity index (χ4v) is 3.31. The Labute approximate surface area is 168 Å². The third kappa shape index (κ3) is 3.39. The molecule has 2 aromatic carbocycles. The Kier molecular flexibility index (Phi) is 4.73. The molecule has 2 N–H and O–H groups in total. The SMILES string of the molecule is C[C@H](CO)NC(=O)c1ccc2c(c1)c1nn(C)nc1n2-c1ccc(C(F)(F)F)cc1. The van der Waals surface area contributed by atoms with Crippen LogP contribution in [-0.2, 0) is 13.2 Å². The van der Waals surface area contributed by atoms with E-state index in [1.807, 2.05) is 0 Å². The van der Waals surface area contributed by atoms with Crippen LogP contribution in [0, 0.1) is 0 Å². The summed E-state index contributed by atoms with van der Waals surface area (Å²) < 4.78 is 40.5. The van der Waals surface area contributed by atoms with Crippen molar-refractivity contribution in [1.29, 1.82) is 0 Å². The second kappa shape index (κ2) is 7.13. The maximum atomic E-state index is 12.9. The van der Waals surface area contributed by atoms with Crippen molar-refractivity contribution in [2.45, 2.75) is 19.1 Å². The average molecular weight is 417 g/mol. The van der Waals surface area contributed by atoms with Crippen molar-refractivity contribution in [3.05, 3.63) is 53.6 Å². The molecular formula is C20H18F3N5O2. The van der Waals surface area contributed by atoms with E-state index in [4.69, 9.17) is 5.11 Å². The van der Waals surface area contributed by atoms with Crippen molar-refractivity contribution in [2.75, 3.05) is 6.61 Å². The van der Waals surface area contributed by atoms with Gasteiger partial charge in [0.1, 0.15) is 5.52 Å². The molecule has 0 aliphatic heterocycles. The molecule has 0 aliphatic rings. The Morgan fingerprint density at radius 3 is 2.50 bits per heavy atom. The molecule has 4 aromatic rings. The van der Waals surface area contributed by atoms with Crippen molar-refractivity contribution in [3.8, 4) is 5.69 Å². The van der Waals surface area contributed by atoms with Gasteiger partial charge < -0.3 is 10.4 Å². The summed E-state index contributed by atoms with van der Waals surface area (Å²) in [6.07, 6.45) is -4.42. The summed E-state index contributed by atoms with van der Waals surface area (Å²) in [5, 5.41) is 21.2. The van der Waals surface area contributed by atoms with Crippen LogP contribution in [0.4, 0.5) is 13.2 Å². The molecule has 1 atom stereocenters.